The summed E-state index contributed by atoms with van der Waals surface area (Å²) in [5, 5.41) is 4.21. The Labute approximate surface area is 125 Å². The Morgan fingerprint density at radius 3 is 2.50 bits per heavy atom. The van der Waals surface area contributed by atoms with Crippen molar-refractivity contribution < 1.29 is 0 Å². The summed E-state index contributed by atoms with van der Waals surface area (Å²) >= 11 is 6.19. The van der Waals surface area contributed by atoms with Gasteiger partial charge in [0, 0.05) is 36.9 Å². The molecule has 1 saturated heterocycles. The Hall–Kier alpha value is -1.51. The zero-order valence-electron chi connectivity index (χ0n) is 11.5. The summed E-state index contributed by atoms with van der Waals surface area (Å²) in [7, 11) is 0. The van der Waals surface area contributed by atoms with Gasteiger partial charge in [-0.25, -0.2) is 0 Å². The molecule has 1 heterocycles. The van der Waals surface area contributed by atoms with Crippen LogP contribution in [0.3, 0.4) is 0 Å². The second kappa shape index (κ2) is 6.29. The molecule has 0 aromatic heterocycles. The number of halogens is 1. The van der Waals surface area contributed by atoms with Crippen LogP contribution in [0.4, 0.5) is 5.69 Å². The molecule has 0 saturated carbocycles. The number of anilines is 1. The van der Waals surface area contributed by atoms with Crippen molar-refractivity contribution in [3.8, 4) is 0 Å². The topological polar surface area (TPSA) is 15.3 Å². The van der Waals surface area contributed by atoms with Crippen LogP contribution in [0.5, 0.6) is 0 Å². The highest BCUT2D eigenvalue weighted by molar-refractivity contribution is 6.30. The summed E-state index contributed by atoms with van der Waals surface area (Å²) in [6, 6.07) is 16.8. The van der Waals surface area contributed by atoms with Crippen LogP contribution in [0.2, 0.25) is 5.02 Å². The highest BCUT2D eigenvalue weighted by Gasteiger charge is 2.14. The van der Waals surface area contributed by atoms with Crippen molar-refractivity contribution in [2.75, 3.05) is 31.1 Å². The Kier molecular flexibility index (Phi) is 4.24. The number of nitrogens with zero attached hydrogens (tertiary/aromatic N) is 1. The van der Waals surface area contributed by atoms with Gasteiger partial charge in [0.05, 0.1) is 0 Å². The maximum atomic E-state index is 6.19. The molecular formula is C17H19ClN2. The van der Waals surface area contributed by atoms with Gasteiger partial charge in [-0.15, -0.1) is 0 Å². The van der Waals surface area contributed by atoms with Crippen molar-refractivity contribution in [1.29, 1.82) is 0 Å². The zero-order valence-corrected chi connectivity index (χ0v) is 12.2. The van der Waals surface area contributed by atoms with Gasteiger partial charge < -0.3 is 10.2 Å². The van der Waals surface area contributed by atoms with Gasteiger partial charge in [-0.05, 0) is 35.7 Å². The predicted octanol–water partition coefficient (Wildman–Crippen LogP) is 3.34. The largest absolute Gasteiger partial charge is 0.369 e. The number of benzene rings is 2. The SMILES string of the molecule is Clc1ccc(N2CCNCC2)c(Cc2ccccc2)c1. The lowest BCUT2D eigenvalue weighted by Crippen LogP contribution is -2.43. The van der Waals surface area contributed by atoms with Gasteiger partial charge >= 0.3 is 0 Å². The molecule has 1 N–H and O–H groups in total. The fraction of sp³-hybridized carbons (Fsp3) is 0.294. The van der Waals surface area contributed by atoms with Crippen molar-refractivity contribution in [2.24, 2.45) is 0 Å². The second-order valence-corrected chi connectivity index (χ2v) is 5.61. The smallest absolute Gasteiger partial charge is 0.0410 e. The lowest BCUT2D eigenvalue weighted by atomic mass is 10.0. The molecule has 1 aliphatic rings. The maximum Gasteiger partial charge on any atom is 0.0410 e. The van der Waals surface area contributed by atoms with E-state index in [1.807, 2.05) is 6.07 Å². The molecule has 0 atom stereocenters. The Morgan fingerprint density at radius 2 is 1.75 bits per heavy atom. The Morgan fingerprint density at radius 1 is 1.00 bits per heavy atom. The fourth-order valence-corrected chi connectivity index (χ4v) is 2.92. The molecule has 0 radical (unpaired) electrons. The fourth-order valence-electron chi connectivity index (χ4n) is 2.73. The van der Waals surface area contributed by atoms with Gasteiger partial charge in [0.2, 0.25) is 0 Å². The first kappa shape index (κ1) is 13.5. The van der Waals surface area contributed by atoms with Crippen molar-refractivity contribution in [1.82, 2.24) is 5.32 Å². The van der Waals surface area contributed by atoms with Gasteiger partial charge in [-0.3, -0.25) is 0 Å². The van der Waals surface area contributed by atoms with Crippen LogP contribution in [0.25, 0.3) is 0 Å². The van der Waals surface area contributed by atoms with E-state index in [9.17, 15) is 0 Å². The molecule has 0 unspecified atom stereocenters. The van der Waals surface area contributed by atoms with E-state index in [-0.39, 0.29) is 0 Å². The summed E-state index contributed by atoms with van der Waals surface area (Å²) in [4.78, 5) is 2.45. The first-order valence-corrected chi connectivity index (χ1v) is 7.49. The highest BCUT2D eigenvalue weighted by Crippen LogP contribution is 2.27. The molecule has 2 aromatic carbocycles. The summed E-state index contributed by atoms with van der Waals surface area (Å²) in [5.41, 5.74) is 3.96. The number of nitrogens with one attached hydrogen (secondary N) is 1. The van der Waals surface area contributed by atoms with E-state index < -0.39 is 0 Å². The maximum absolute atomic E-state index is 6.19. The molecule has 0 aliphatic carbocycles. The summed E-state index contributed by atoms with van der Waals surface area (Å²) in [5.74, 6) is 0. The van der Waals surface area contributed by atoms with Crippen LogP contribution in [-0.4, -0.2) is 26.2 Å². The first-order chi connectivity index (χ1) is 9.83. The van der Waals surface area contributed by atoms with E-state index in [2.05, 4.69) is 52.7 Å². The molecule has 3 rings (SSSR count). The molecular weight excluding hydrogens is 268 g/mol. The average molecular weight is 287 g/mol. The van der Waals surface area contributed by atoms with Gasteiger partial charge in [-0.1, -0.05) is 41.9 Å². The number of piperazine rings is 1. The van der Waals surface area contributed by atoms with Crippen LogP contribution in [0.1, 0.15) is 11.1 Å². The lowest BCUT2D eigenvalue weighted by Gasteiger charge is -2.31. The molecule has 3 heteroatoms. The van der Waals surface area contributed by atoms with Crippen LogP contribution in [-0.2, 0) is 6.42 Å². The highest BCUT2D eigenvalue weighted by atomic mass is 35.5. The number of rotatable bonds is 3. The third-order valence-electron chi connectivity index (χ3n) is 3.74. The van der Waals surface area contributed by atoms with Gasteiger partial charge in [0.25, 0.3) is 0 Å². The molecule has 2 aromatic rings. The second-order valence-electron chi connectivity index (χ2n) is 5.17. The van der Waals surface area contributed by atoms with Crippen molar-refractivity contribution >= 4 is 17.3 Å². The number of hydrogen-bond donors (Lipinski definition) is 1. The molecule has 0 spiro atoms. The lowest BCUT2D eigenvalue weighted by molar-refractivity contribution is 0.588. The summed E-state index contributed by atoms with van der Waals surface area (Å²) in [6.45, 7) is 4.22. The third kappa shape index (κ3) is 3.14. The van der Waals surface area contributed by atoms with Crippen molar-refractivity contribution in [3.05, 3.63) is 64.7 Å². The molecule has 20 heavy (non-hydrogen) atoms. The summed E-state index contributed by atoms with van der Waals surface area (Å²) in [6.07, 6.45) is 0.931. The van der Waals surface area contributed by atoms with Gasteiger partial charge in [0.15, 0.2) is 0 Å². The minimum absolute atomic E-state index is 0.815. The standard InChI is InChI=1S/C17H19ClN2/c18-16-6-7-17(20-10-8-19-9-11-20)15(13-16)12-14-4-2-1-3-5-14/h1-7,13,19H,8-12H2. The Bertz CT molecular complexity index is 562. The van der Waals surface area contributed by atoms with E-state index in [1.54, 1.807) is 0 Å². The molecule has 0 bridgehead atoms. The van der Waals surface area contributed by atoms with Gasteiger partial charge in [0.1, 0.15) is 0 Å². The van der Waals surface area contributed by atoms with Crippen LogP contribution in [0.15, 0.2) is 48.5 Å². The predicted molar refractivity (Wildman–Crippen MR) is 85.8 cm³/mol. The van der Waals surface area contributed by atoms with Gasteiger partial charge in [-0.2, -0.15) is 0 Å². The monoisotopic (exact) mass is 286 g/mol. The van der Waals surface area contributed by atoms with Crippen LogP contribution >= 0.6 is 11.6 Å². The Balaban J connectivity index is 1.89. The molecule has 2 nitrogen and oxygen atoms in total. The van der Waals surface area contributed by atoms with E-state index in [1.165, 1.54) is 16.8 Å². The van der Waals surface area contributed by atoms with E-state index in [4.69, 9.17) is 11.6 Å². The van der Waals surface area contributed by atoms with E-state index >= 15 is 0 Å². The summed E-state index contributed by atoms with van der Waals surface area (Å²) < 4.78 is 0. The van der Waals surface area contributed by atoms with Crippen molar-refractivity contribution in [2.45, 2.75) is 6.42 Å². The quantitative estimate of drug-likeness (QED) is 0.931. The van der Waals surface area contributed by atoms with E-state index in [0.717, 1.165) is 37.6 Å². The minimum atomic E-state index is 0.815. The van der Waals surface area contributed by atoms with E-state index in [0.29, 0.717) is 0 Å². The normalized spacial score (nSPS) is 15.3. The molecule has 0 amide bonds. The minimum Gasteiger partial charge on any atom is -0.369 e. The number of hydrogen-bond acceptors (Lipinski definition) is 2. The molecule has 1 fully saturated rings. The molecule has 1 aliphatic heterocycles. The molecule has 104 valence electrons. The first-order valence-electron chi connectivity index (χ1n) is 7.11. The average Bonchev–Trinajstić information content (AvgIpc) is 2.49. The van der Waals surface area contributed by atoms with Crippen molar-refractivity contribution in [3.63, 3.8) is 0 Å². The zero-order chi connectivity index (χ0) is 13.8. The van der Waals surface area contributed by atoms with Crippen LogP contribution in [0, 0.1) is 0 Å². The third-order valence-corrected chi connectivity index (χ3v) is 3.97. The van der Waals surface area contributed by atoms with Crippen LogP contribution < -0.4 is 10.2 Å².